The molecule has 0 aliphatic heterocycles. The first kappa shape index (κ1) is 19.8. The average Bonchev–Trinajstić information content (AvgIpc) is 2.21. The minimum absolute atomic E-state index is 0. The molecule has 6 heteroatoms. The molecule has 2 N–H and O–H groups in total. The van der Waals surface area contributed by atoms with E-state index in [9.17, 15) is 4.79 Å². The highest BCUT2D eigenvalue weighted by Crippen LogP contribution is 2.06. The molecule has 0 aromatic carbocycles. The fourth-order valence-corrected chi connectivity index (χ4v) is 1.06. The van der Waals surface area contributed by atoms with Crippen molar-refractivity contribution >= 4 is 35.9 Å². The predicted octanol–water partition coefficient (Wildman–Crippen LogP) is 1.91. The van der Waals surface area contributed by atoms with Gasteiger partial charge in [-0.3, -0.25) is 9.79 Å². The lowest BCUT2D eigenvalue weighted by atomic mass is 10.2. The van der Waals surface area contributed by atoms with Crippen molar-refractivity contribution in [3.05, 3.63) is 0 Å². The van der Waals surface area contributed by atoms with Crippen molar-refractivity contribution in [2.75, 3.05) is 13.6 Å². The molecule has 0 aromatic heterocycles. The smallest absolute Gasteiger partial charge is 0.325 e. The monoisotopic (exact) mass is 371 g/mol. The van der Waals surface area contributed by atoms with Crippen LogP contribution in [0.2, 0.25) is 0 Å². The second kappa shape index (κ2) is 9.41. The lowest BCUT2D eigenvalue weighted by Crippen LogP contribution is -2.44. The van der Waals surface area contributed by atoms with E-state index in [1.807, 2.05) is 20.8 Å². The molecule has 0 aromatic rings. The number of carbonyl (C=O) groups is 1. The lowest BCUT2D eigenvalue weighted by Gasteiger charge is -2.21. The minimum atomic E-state index is -0.452. The van der Waals surface area contributed by atoms with Crippen LogP contribution in [-0.2, 0) is 9.53 Å². The maximum atomic E-state index is 11.5. The van der Waals surface area contributed by atoms with Gasteiger partial charge in [0.05, 0.1) is 0 Å². The molecule has 0 aliphatic rings. The van der Waals surface area contributed by atoms with Crippen molar-refractivity contribution in [2.24, 2.45) is 4.99 Å². The Morgan fingerprint density at radius 2 is 1.94 bits per heavy atom. The van der Waals surface area contributed by atoms with E-state index in [0.29, 0.717) is 12.0 Å². The second-order valence-corrected chi connectivity index (χ2v) is 4.97. The van der Waals surface area contributed by atoms with Crippen molar-refractivity contribution in [2.45, 2.75) is 52.7 Å². The first-order chi connectivity index (χ1) is 7.78. The lowest BCUT2D eigenvalue weighted by molar-refractivity contribution is -0.153. The number of aliphatic imine (C=N–C) groups is 1. The molecule has 18 heavy (non-hydrogen) atoms. The Morgan fingerprint density at radius 1 is 1.39 bits per heavy atom. The fourth-order valence-electron chi connectivity index (χ4n) is 1.06. The summed E-state index contributed by atoms with van der Waals surface area (Å²) >= 11 is 0. The molecule has 0 saturated carbocycles. The molecule has 108 valence electrons. The Bertz CT molecular complexity index is 275. The maximum absolute atomic E-state index is 11.5. The number of hydrogen-bond donors (Lipinski definition) is 2. The molecule has 1 atom stereocenters. The Balaban J connectivity index is 0. The van der Waals surface area contributed by atoms with Crippen LogP contribution in [0.25, 0.3) is 0 Å². The van der Waals surface area contributed by atoms with Gasteiger partial charge in [-0.2, -0.15) is 0 Å². The Hall–Kier alpha value is -0.530. The zero-order valence-electron chi connectivity index (χ0n) is 12.2. The van der Waals surface area contributed by atoms with Crippen molar-refractivity contribution in [3.8, 4) is 0 Å². The molecule has 5 nitrogen and oxygen atoms in total. The number of halogens is 1. The molecule has 0 heterocycles. The fraction of sp³-hybridized carbons (Fsp3) is 0.833. The molecule has 0 saturated heterocycles. The molecule has 0 fully saturated rings. The van der Waals surface area contributed by atoms with Crippen LogP contribution in [0.3, 0.4) is 0 Å². The molecular weight excluding hydrogens is 345 g/mol. The van der Waals surface area contributed by atoms with Crippen molar-refractivity contribution in [1.82, 2.24) is 10.6 Å². The molecule has 0 aliphatic carbocycles. The number of nitrogens with one attached hydrogen (secondary N) is 2. The van der Waals surface area contributed by atoms with Crippen LogP contribution >= 0.6 is 24.0 Å². The van der Waals surface area contributed by atoms with E-state index in [2.05, 4.69) is 29.5 Å². The normalized spacial score (nSPS) is 13.3. The third-order valence-corrected chi connectivity index (χ3v) is 2.04. The second-order valence-electron chi connectivity index (χ2n) is 4.97. The van der Waals surface area contributed by atoms with Crippen LogP contribution in [0.1, 0.15) is 41.0 Å². The SMILES string of the molecule is CCC(C)NC(=NC)NCC(=O)OC(C)(C)C.I. The molecule has 1 unspecified atom stereocenters. The number of esters is 1. The van der Waals surface area contributed by atoms with E-state index in [1.165, 1.54) is 0 Å². The van der Waals surface area contributed by atoms with E-state index in [-0.39, 0.29) is 36.5 Å². The van der Waals surface area contributed by atoms with Gasteiger partial charge in [0, 0.05) is 13.1 Å². The van der Waals surface area contributed by atoms with Gasteiger partial charge in [0.2, 0.25) is 0 Å². The Morgan fingerprint density at radius 3 is 2.33 bits per heavy atom. The van der Waals surface area contributed by atoms with Gasteiger partial charge in [-0.25, -0.2) is 0 Å². The van der Waals surface area contributed by atoms with Gasteiger partial charge in [-0.15, -0.1) is 24.0 Å². The Labute approximate surface area is 127 Å². The quantitative estimate of drug-likeness (QED) is 0.343. The standard InChI is InChI=1S/C12H25N3O2.HI/c1-7-9(2)15-11(13-6)14-8-10(16)17-12(3,4)5;/h9H,7-8H2,1-6H3,(H2,13,14,15);1H. The summed E-state index contributed by atoms with van der Waals surface area (Å²) in [6, 6.07) is 0.319. The maximum Gasteiger partial charge on any atom is 0.325 e. The zero-order chi connectivity index (χ0) is 13.5. The number of nitrogens with zero attached hydrogens (tertiary/aromatic N) is 1. The summed E-state index contributed by atoms with van der Waals surface area (Å²) in [5.74, 6) is 0.329. The van der Waals surface area contributed by atoms with Crippen LogP contribution in [0.5, 0.6) is 0 Å². The third-order valence-electron chi connectivity index (χ3n) is 2.04. The van der Waals surface area contributed by atoms with E-state index < -0.39 is 5.60 Å². The highest BCUT2D eigenvalue weighted by molar-refractivity contribution is 14.0. The first-order valence-electron chi connectivity index (χ1n) is 5.97. The molecule has 0 radical (unpaired) electrons. The number of guanidine groups is 1. The van der Waals surface area contributed by atoms with Gasteiger partial charge in [0.15, 0.2) is 5.96 Å². The summed E-state index contributed by atoms with van der Waals surface area (Å²) in [6.45, 7) is 9.79. The molecule has 0 bridgehead atoms. The summed E-state index contributed by atoms with van der Waals surface area (Å²) in [6.07, 6.45) is 0.993. The summed E-state index contributed by atoms with van der Waals surface area (Å²) in [7, 11) is 1.67. The molecule has 0 spiro atoms. The summed E-state index contributed by atoms with van der Waals surface area (Å²) in [5.41, 5.74) is -0.452. The summed E-state index contributed by atoms with van der Waals surface area (Å²) < 4.78 is 5.18. The number of carbonyl (C=O) groups excluding carboxylic acids is 1. The predicted molar refractivity (Wildman–Crippen MR) is 85.5 cm³/mol. The van der Waals surface area contributed by atoms with Crippen molar-refractivity contribution in [1.29, 1.82) is 0 Å². The van der Waals surface area contributed by atoms with Gasteiger partial charge < -0.3 is 15.4 Å². The zero-order valence-corrected chi connectivity index (χ0v) is 14.5. The van der Waals surface area contributed by atoms with Crippen LogP contribution in [0, 0.1) is 0 Å². The van der Waals surface area contributed by atoms with Crippen molar-refractivity contribution in [3.63, 3.8) is 0 Å². The van der Waals surface area contributed by atoms with E-state index >= 15 is 0 Å². The van der Waals surface area contributed by atoms with Gasteiger partial charge in [-0.05, 0) is 34.1 Å². The average molecular weight is 371 g/mol. The van der Waals surface area contributed by atoms with Crippen LogP contribution in [0.4, 0.5) is 0 Å². The van der Waals surface area contributed by atoms with Crippen LogP contribution < -0.4 is 10.6 Å². The minimum Gasteiger partial charge on any atom is -0.459 e. The number of ether oxygens (including phenoxy) is 1. The van der Waals surface area contributed by atoms with Gasteiger partial charge in [0.1, 0.15) is 12.1 Å². The highest BCUT2D eigenvalue weighted by atomic mass is 127. The molecular formula is C12H26IN3O2. The first-order valence-corrected chi connectivity index (χ1v) is 5.97. The number of hydrogen-bond acceptors (Lipinski definition) is 3. The summed E-state index contributed by atoms with van der Waals surface area (Å²) in [5, 5.41) is 6.09. The van der Waals surface area contributed by atoms with E-state index in [4.69, 9.17) is 4.74 Å². The van der Waals surface area contributed by atoms with Crippen LogP contribution in [0.15, 0.2) is 4.99 Å². The highest BCUT2D eigenvalue weighted by Gasteiger charge is 2.16. The topological polar surface area (TPSA) is 62.7 Å². The van der Waals surface area contributed by atoms with Crippen LogP contribution in [-0.4, -0.2) is 37.2 Å². The van der Waals surface area contributed by atoms with E-state index in [0.717, 1.165) is 6.42 Å². The molecule has 0 amide bonds. The van der Waals surface area contributed by atoms with Crippen molar-refractivity contribution < 1.29 is 9.53 Å². The Kier molecular flexibility index (Phi) is 10.3. The third kappa shape index (κ3) is 10.6. The number of rotatable bonds is 4. The van der Waals surface area contributed by atoms with Gasteiger partial charge in [0.25, 0.3) is 0 Å². The molecule has 0 rings (SSSR count). The van der Waals surface area contributed by atoms with E-state index in [1.54, 1.807) is 7.05 Å². The summed E-state index contributed by atoms with van der Waals surface area (Å²) in [4.78, 5) is 15.5. The largest absolute Gasteiger partial charge is 0.459 e. The van der Waals surface area contributed by atoms with Gasteiger partial charge in [-0.1, -0.05) is 6.92 Å². The van der Waals surface area contributed by atoms with Gasteiger partial charge >= 0.3 is 5.97 Å².